The van der Waals surface area contributed by atoms with E-state index in [0.717, 1.165) is 5.69 Å². The highest BCUT2D eigenvalue weighted by molar-refractivity contribution is 7.99. The van der Waals surface area contributed by atoms with Crippen LogP contribution in [0.5, 0.6) is 0 Å². The van der Waals surface area contributed by atoms with Crippen LogP contribution in [0.2, 0.25) is 0 Å². The van der Waals surface area contributed by atoms with E-state index in [0.29, 0.717) is 28.6 Å². The molecule has 1 aromatic carbocycles. The Morgan fingerprint density at radius 1 is 1.21 bits per heavy atom. The SMILES string of the molecule is CCc1c(C)nc2n(c1=O)CC(C(=O)Nc1ccc(S(=O)(=O)Nc3ncccn3)cc1)CS2. The van der Waals surface area contributed by atoms with E-state index in [-0.39, 0.29) is 28.9 Å². The first-order valence-electron chi connectivity index (χ1n) is 10.2. The van der Waals surface area contributed by atoms with Crippen molar-refractivity contribution >= 4 is 39.3 Å². The third kappa shape index (κ3) is 4.91. The first kappa shape index (κ1) is 22.9. The van der Waals surface area contributed by atoms with Crippen molar-refractivity contribution in [1.29, 1.82) is 0 Å². The summed E-state index contributed by atoms with van der Waals surface area (Å²) in [7, 11) is -3.86. The lowest BCUT2D eigenvalue weighted by Crippen LogP contribution is -2.38. The van der Waals surface area contributed by atoms with Gasteiger partial charge in [0.1, 0.15) is 0 Å². The number of benzene rings is 1. The summed E-state index contributed by atoms with van der Waals surface area (Å²) in [5.41, 5.74) is 1.74. The lowest BCUT2D eigenvalue weighted by Gasteiger charge is -2.25. The summed E-state index contributed by atoms with van der Waals surface area (Å²) < 4.78 is 28.8. The van der Waals surface area contributed by atoms with Crippen molar-refractivity contribution < 1.29 is 13.2 Å². The number of nitrogens with one attached hydrogen (secondary N) is 2. The Morgan fingerprint density at radius 3 is 2.58 bits per heavy atom. The van der Waals surface area contributed by atoms with E-state index in [1.54, 1.807) is 10.6 Å². The second-order valence-electron chi connectivity index (χ2n) is 7.43. The van der Waals surface area contributed by atoms with Crippen LogP contribution < -0.4 is 15.6 Å². The van der Waals surface area contributed by atoms with Gasteiger partial charge in [-0.25, -0.2) is 28.1 Å². The minimum atomic E-state index is -3.86. The van der Waals surface area contributed by atoms with Crippen LogP contribution in [-0.2, 0) is 27.8 Å². The maximum atomic E-state index is 12.8. The number of fused-ring (bicyclic) bond motifs is 1. The number of anilines is 2. The molecule has 2 N–H and O–H groups in total. The molecule has 0 saturated carbocycles. The van der Waals surface area contributed by atoms with Crippen molar-refractivity contribution in [3.8, 4) is 0 Å². The van der Waals surface area contributed by atoms with Gasteiger partial charge in [0.2, 0.25) is 11.9 Å². The molecule has 172 valence electrons. The van der Waals surface area contributed by atoms with Gasteiger partial charge in [-0.2, -0.15) is 0 Å². The average molecular weight is 487 g/mol. The molecule has 1 unspecified atom stereocenters. The van der Waals surface area contributed by atoms with Gasteiger partial charge in [-0.15, -0.1) is 0 Å². The van der Waals surface area contributed by atoms with Gasteiger partial charge < -0.3 is 5.32 Å². The average Bonchev–Trinajstić information content (AvgIpc) is 2.80. The maximum Gasteiger partial charge on any atom is 0.264 e. The molecule has 3 aromatic rings. The van der Waals surface area contributed by atoms with Crippen LogP contribution in [0.25, 0.3) is 0 Å². The number of sulfonamides is 1. The third-order valence-electron chi connectivity index (χ3n) is 5.20. The molecule has 0 aliphatic carbocycles. The molecule has 33 heavy (non-hydrogen) atoms. The Morgan fingerprint density at radius 2 is 1.91 bits per heavy atom. The molecule has 4 rings (SSSR count). The zero-order valence-electron chi connectivity index (χ0n) is 18.0. The highest BCUT2D eigenvalue weighted by Gasteiger charge is 2.28. The van der Waals surface area contributed by atoms with Gasteiger partial charge in [-0.1, -0.05) is 18.7 Å². The van der Waals surface area contributed by atoms with Crippen molar-refractivity contribution in [2.24, 2.45) is 5.92 Å². The number of carbonyl (C=O) groups excluding carboxylic acids is 1. The minimum Gasteiger partial charge on any atom is -0.326 e. The molecule has 1 amide bonds. The van der Waals surface area contributed by atoms with Gasteiger partial charge in [-0.3, -0.25) is 14.2 Å². The standard InChI is InChI=1S/C21H22N6O4S2/c1-3-17-13(2)24-21-27(19(17)29)11-14(12-32-21)18(28)25-15-5-7-16(8-6-15)33(30,31)26-20-22-9-4-10-23-20/h4-10,14H,3,11-12H2,1-2H3,(H,25,28)(H,22,23,26). The van der Waals surface area contributed by atoms with E-state index in [9.17, 15) is 18.0 Å². The number of aromatic nitrogens is 4. The van der Waals surface area contributed by atoms with Crippen LogP contribution in [-0.4, -0.2) is 39.6 Å². The van der Waals surface area contributed by atoms with E-state index in [2.05, 4.69) is 25.0 Å². The fourth-order valence-corrected chi connectivity index (χ4v) is 5.53. The number of thioether (sulfide) groups is 1. The monoisotopic (exact) mass is 486 g/mol. The Kier molecular flexibility index (Phi) is 6.47. The van der Waals surface area contributed by atoms with Gasteiger partial charge in [-0.05, 0) is 43.7 Å². The van der Waals surface area contributed by atoms with Crippen LogP contribution in [0, 0.1) is 12.8 Å². The molecule has 1 aliphatic heterocycles. The fourth-order valence-electron chi connectivity index (χ4n) is 3.45. The summed E-state index contributed by atoms with van der Waals surface area (Å²) in [4.78, 5) is 37.8. The van der Waals surface area contributed by atoms with Gasteiger partial charge in [0.25, 0.3) is 15.6 Å². The predicted molar refractivity (Wildman–Crippen MR) is 125 cm³/mol. The first-order chi connectivity index (χ1) is 15.8. The number of rotatable bonds is 6. The Hall–Kier alpha value is -3.25. The topological polar surface area (TPSA) is 136 Å². The molecule has 0 spiro atoms. The number of nitrogens with zero attached hydrogens (tertiary/aromatic N) is 4. The summed E-state index contributed by atoms with van der Waals surface area (Å²) in [6, 6.07) is 7.37. The molecule has 10 nitrogen and oxygen atoms in total. The van der Waals surface area contributed by atoms with Crippen LogP contribution in [0.15, 0.2) is 57.6 Å². The zero-order valence-corrected chi connectivity index (χ0v) is 19.6. The number of hydrogen-bond acceptors (Lipinski definition) is 8. The van der Waals surface area contributed by atoms with E-state index in [1.807, 2.05) is 13.8 Å². The number of carbonyl (C=O) groups is 1. The van der Waals surface area contributed by atoms with Gasteiger partial charge in [0, 0.05) is 41.6 Å². The van der Waals surface area contributed by atoms with E-state index < -0.39 is 15.9 Å². The number of amides is 1. The normalized spacial score (nSPS) is 15.5. The molecular weight excluding hydrogens is 464 g/mol. The van der Waals surface area contributed by atoms with E-state index in [4.69, 9.17) is 0 Å². The highest BCUT2D eigenvalue weighted by Crippen LogP contribution is 2.27. The number of aryl methyl sites for hydroxylation is 1. The Labute approximate surface area is 194 Å². The van der Waals surface area contributed by atoms with Crippen LogP contribution in [0.4, 0.5) is 11.6 Å². The molecule has 1 atom stereocenters. The quantitative estimate of drug-likeness (QED) is 0.506. The lowest BCUT2D eigenvalue weighted by molar-refractivity contribution is -0.119. The van der Waals surface area contributed by atoms with E-state index in [1.165, 1.54) is 48.4 Å². The largest absolute Gasteiger partial charge is 0.326 e. The summed E-state index contributed by atoms with van der Waals surface area (Å²) in [6.07, 6.45) is 3.44. The Balaban J connectivity index is 1.45. The smallest absolute Gasteiger partial charge is 0.264 e. The molecule has 3 heterocycles. The molecule has 0 saturated heterocycles. The molecule has 0 radical (unpaired) electrons. The minimum absolute atomic E-state index is 0.00944. The van der Waals surface area contributed by atoms with Gasteiger partial charge in [0.15, 0.2) is 5.16 Å². The van der Waals surface area contributed by atoms with Crippen molar-refractivity contribution in [2.75, 3.05) is 15.8 Å². The van der Waals surface area contributed by atoms with Crippen LogP contribution in [0.3, 0.4) is 0 Å². The molecule has 1 aliphatic rings. The first-order valence-corrected chi connectivity index (χ1v) is 12.7. The van der Waals surface area contributed by atoms with Crippen LogP contribution in [0.1, 0.15) is 18.2 Å². The van der Waals surface area contributed by atoms with Crippen molar-refractivity contribution in [3.63, 3.8) is 0 Å². The van der Waals surface area contributed by atoms with Crippen LogP contribution >= 0.6 is 11.8 Å². The number of hydrogen-bond donors (Lipinski definition) is 2. The summed E-state index contributed by atoms with van der Waals surface area (Å²) in [5.74, 6) is -0.202. The van der Waals surface area contributed by atoms with Gasteiger partial charge >= 0.3 is 0 Å². The summed E-state index contributed by atoms with van der Waals surface area (Å²) >= 11 is 1.38. The second kappa shape index (κ2) is 9.32. The molecule has 12 heteroatoms. The predicted octanol–water partition coefficient (Wildman–Crippen LogP) is 2.07. The molecular formula is C21H22N6O4S2. The summed E-state index contributed by atoms with van der Waals surface area (Å²) in [5, 5.41) is 3.43. The molecule has 0 fully saturated rings. The molecule has 2 aromatic heterocycles. The highest BCUT2D eigenvalue weighted by atomic mass is 32.2. The maximum absolute atomic E-state index is 12.8. The lowest BCUT2D eigenvalue weighted by atomic mass is 10.1. The van der Waals surface area contributed by atoms with Crippen molar-refractivity contribution in [1.82, 2.24) is 19.5 Å². The van der Waals surface area contributed by atoms with Crippen molar-refractivity contribution in [3.05, 3.63) is 64.3 Å². The zero-order chi connectivity index (χ0) is 23.6. The third-order valence-corrected chi connectivity index (χ3v) is 7.68. The summed E-state index contributed by atoms with van der Waals surface area (Å²) in [6.45, 7) is 3.98. The fraction of sp³-hybridized carbons (Fsp3) is 0.286. The molecule has 0 bridgehead atoms. The Bertz CT molecular complexity index is 1340. The van der Waals surface area contributed by atoms with Crippen molar-refractivity contribution in [2.45, 2.75) is 36.9 Å². The van der Waals surface area contributed by atoms with Gasteiger partial charge in [0.05, 0.1) is 10.8 Å². The van der Waals surface area contributed by atoms with E-state index >= 15 is 0 Å². The second-order valence-corrected chi connectivity index (χ2v) is 10.1.